The smallest absolute Gasteiger partial charge is 0.269 e. The van der Waals surface area contributed by atoms with Crippen LogP contribution in [0.4, 0.5) is 10.1 Å². The summed E-state index contributed by atoms with van der Waals surface area (Å²) >= 11 is 1.06. The van der Waals surface area contributed by atoms with Crippen LogP contribution in [-0.2, 0) is 17.9 Å². The Kier molecular flexibility index (Phi) is 9.83. The van der Waals surface area contributed by atoms with Crippen molar-refractivity contribution in [1.82, 2.24) is 4.57 Å². The number of rotatable bonds is 10. The zero-order valence-electron chi connectivity index (χ0n) is 26.6. The van der Waals surface area contributed by atoms with Crippen molar-refractivity contribution in [3.63, 3.8) is 0 Å². The van der Waals surface area contributed by atoms with Crippen LogP contribution in [0.25, 0.3) is 22.4 Å². The summed E-state index contributed by atoms with van der Waals surface area (Å²) < 4.78 is 32.0. The molecule has 0 aliphatic rings. The van der Waals surface area contributed by atoms with Crippen molar-refractivity contribution in [2.45, 2.75) is 13.2 Å². The van der Waals surface area contributed by atoms with Gasteiger partial charge < -0.3 is 19.5 Å². The van der Waals surface area contributed by atoms with Gasteiger partial charge in [0.1, 0.15) is 28.9 Å². The maximum atomic E-state index is 14.0. The highest BCUT2D eigenvalue weighted by atomic mass is 32.1. The zero-order valence-corrected chi connectivity index (χ0v) is 27.4. The van der Waals surface area contributed by atoms with E-state index in [0.717, 1.165) is 33.2 Å². The van der Waals surface area contributed by atoms with Crippen LogP contribution in [0.2, 0.25) is 0 Å². The highest BCUT2D eigenvalue weighted by Gasteiger charge is 2.18. The summed E-state index contributed by atoms with van der Waals surface area (Å²) in [6.07, 6.45) is 1.69. The molecule has 244 valence electrons. The molecule has 8 nitrogen and oxygen atoms in total. The minimum absolute atomic E-state index is 0.120. The van der Waals surface area contributed by atoms with Gasteiger partial charge in [0, 0.05) is 11.1 Å². The van der Waals surface area contributed by atoms with E-state index in [-0.39, 0.29) is 34.8 Å². The van der Waals surface area contributed by atoms with Crippen LogP contribution in [0, 0.1) is 17.1 Å². The number of carbonyl (C=O) groups excluding carboxylic acids is 1. The third-order valence-corrected chi connectivity index (χ3v) is 8.92. The van der Waals surface area contributed by atoms with Gasteiger partial charge >= 0.3 is 0 Å². The second-order valence-electron chi connectivity index (χ2n) is 10.9. The van der Waals surface area contributed by atoms with Crippen molar-refractivity contribution in [3.8, 4) is 23.3 Å². The molecule has 1 amide bonds. The number of ether oxygens (including phenoxy) is 3. The van der Waals surface area contributed by atoms with Crippen molar-refractivity contribution < 1.29 is 23.4 Å². The summed E-state index contributed by atoms with van der Waals surface area (Å²) in [4.78, 5) is 27.7. The first-order chi connectivity index (χ1) is 23.9. The monoisotopic (exact) mass is 671 g/mol. The highest BCUT2D eigenvalue weighted by Crippen LogP contribution is 2.29. The molecule has 0 aliphatic carbocycles. The Labute approximate surface area is 285 Å². The number of benzene rings is 5. The summed E-state index contributed by atoms with van der Waals surface area (Å²) in [5, 5.41) is 14.9. The van der Waals surface area contributed by atoms with Gasteiger partial charge in [-0.1, -0.05) is 66.7 Å². The van der Waals surface area contributed by atoms with Crippen LogP contribution in [0.5, 0.6) is 17.2 Å². The average molecular weight is 672 g/mol. The number of carbonyl (C=O) groups is 1. The molecule has 0 bridgehead atoms. The predicted molar refractivity (Wildman–Crippen MR) is 189 cm³/mol. The molecule has 0 unspecified atom stereocenters. The Morgan fingerprint density at radius 1 is 0.898 bits per heavy atom. The molecule has 1 N–H and O–H groups in total. The lowest BCUT2D eigenvalue weighted by Gasteiger charge is -2.11. The molecule has 0 saturated carbocycles. The van der Waals surface area contributed by atoms with E-state index >= 15 is 0 Å². The number of nitriles is 1. The van der Waals surface area contributed by atoms with E-state index in [1.54, 1.807) is 61.7 Å². The van der Waals surface area contributed by atoms with Crippen molar-refractivity contribution in [3.05, 3.63) is 151 Å². The van der Waals surface area contributed by atoms with E-state index in [9.17, 15) is 19.2 Å². The van der Waals surface area contributed by atoms with E-state index in [0.29, 0.717) is 33.0 Å². The number of nitrogens with zero attached hydrogens (tertiary/aromatic N) is 2. The van der Waals surface area contributed by atoms with Gasteiger partial charge in [-0.25, -0.2) is 4.39 Å². The maximum absolute atomic E-state index is 14.0. The summed E-state index contributed by atoms with van der Waals surface area (Å²) in [6, 6.07) is 33.7. The summed E-state index contributed by atoms with van der Waals surface area (Å²) in [5.74, 6) is 0.613. The summed E-state index contributed by atoms with van der Waals surface area (Å²) in [7, 11) is 3.08. The van der Waals surface area contributed by atoms with Gasteiger partial charge in [-0.3, -0.25) is 14.2 Å². The molecule has 0 atom stereocenters. The molecule has 0 saturated heterocycles. The van der Waals surface area contributed by atoms with Gasteiger partial charge in [-0.2, -0.15) is 5.26 Å². The fraction of sp³-hybridized carbons (Fsp3) is 0.103. The molecule has 5 aromatic carbocycles. The largest absolute Gasteiger partial charge is 0.497 e. The van der Waals surface area contributed by atoms with Crippen molar-refractivity contribution in [2.24, 2.45) is 0 Å². The minimum Gasteiger partial charge on any atom is -0.497 e. The van der Waals surface area contributed by atoms with Crippen molar-refractivity contribution >= 4 is 45.4 Å². The molecule has 0 radical (unpaired) electrons. The van der Waals surface area contributed by atoms with Gasteiger partial charge in [0.05, 0.1) is 25.3 Å². The fourth-order valence-electron chi connectivity index (χ4n) is 5.26. The zero-order chi connectivity index (χ0) is 34.3. The molecular formula is C39H30FN3O5S. The first kappa shape index (κ1) is 32.7. The van der Waals surface area contributed by atoms with E-state index in [2.05, 4.69) is 11.4 Å². The quantitative estimate of drug-likeness (QED) is 0.192. The van der Waals surface area contributed by atoms with Crippen LogP contribution in [0.3, 0.4) is 0 Å². The molecule has 6 aromatic rings. The SMILES string of the molecule is COc1ccc(Cn2c(=O)/c(=C/c3ccc(OCc4ccc(F)cc4)c(OC)c3)s/c2=C(\C#N)C(=O)Nc2cccc3ccccc23)cc1. The molecule has 0 spiro atoms. The van der Waals surface area contributed by atoms with Gasteiger partial charge in [0.15, 0.2) is 17.1 Å². The molecule has 1 heterocycles. The standard InChI is InChI=1S/C39H30FN3O5S/c1-46-30-17-12-25(13-18-30)23-43-38(45)36(21-27-14-19-34(35(20-27)47-2)48-24-26-10-15-29(40)16-11-26)49-39(43)32(22-41)37(44)42-33-9-5-7-28-6-3-4-8-31(28)33/h3-21H,23-24H2,1-2H3,(H,42,44)/b36-21-,39-32+. The third-order valence-electron chi connectivity index (χ3n) is 7.79. The van der Waals surface area contributed by atoms with Crippen LogP contribution < -0.4 is 34.3 Å². The number of nitrogens with one attached hydrogen (secondary N) is 1. The number of hydrogen-bond donors (Lipinski definition) is 1. The van der Waals surface area contributed by atoms with Gasteiger partial charge in [0.2, 0.25) is 0 Å². The fourth-order valence-corrected chi connectivity index (χ4v) is 6.36. The second-order valence-corrected chi connectivity index (χ2v) is 12.0. The van der Waals surface area contributed by atoms with Crippen molar-refractivity contribution in [1.29, 1.82) is 5.26 Å². The predicted octanol–water partition coefficient (Wildman–Crippen LogP) is 5.99. The number of fused-ring (bicyclic) bond motifs is 1. The van der Waals surface area contributed by atoms with E-state index in [1.807, 2.05) is 48.5 Å². The maximum Gasteiger partial charge on any atom is 0.269 e. The number of hydrogen-bond acceptors (Lipinski definition) is 7. The minimum atomic E-state index is -0.626. The van der Waals surface area contributed by atoms with E-state index < -0.39 is 5.91 Å². The average Bonchev–Trinajstić information content (AvgIpc) is 3.42. The van der Waals surface area contributed by atoms with Crippen LogP contribution in [0.1, 0.15) is 16.7 Å². The van der Waals surface area contributed by atoms with Crippen LogP contribution in [0.15, 0.2) is 114 Å². The molecular weight excluding hydrogens is 642 g/mol. The summed E-state index contributed by atoms with van der Waals surface area (Å²) in [5.41, 5.74) is 2.21. The molecule has 0 fully saturated rings. The molecule has 0 aliphatic heterocycles. The van der Waals surface area contributed by atoms with Gasteiger partial charge in [-0.05, 0) is 70.6 Å². The third kappa shape index (κ3) is 7.38. The number of anilines is 1. The highest BCUT2D eigenvalue weighted by molar-refractivity contribution is 7.07. The Morgan fingerprint density at radius 2 is 1.63 bits per heavy atom. The van der Waals surface area contributed by atoms with E-state index in [4.69, 9.17) is 14.2 Å². The van der Waals surface area contributed by atoms with E-state index in [1.165, 1.54) is 23.8 Å². The normalized spacial score (nSPS) is 11.9. The first-order valence-electron chi connectivity index (χ1n) is 15.2. The molecule has 6 rings (SSSR count). The Morgan fingerprint density at radius 3 is 2.37 bits per heavy atom. The Bertz CT molecular complexity index is 2370. The second kappa shape index (κ2) is 14.7. The van der Waals surface area contributed by atoms with Gasteiger partial charge in [-0.15, -0.1) is 11.3 Å². The topological polar surface area (TPSA) is 103 Å². The Balaban J connectivity index is 1.41. The molecule has 49 heavy (non-hydrogen) atoms. The number of aromatic nitrogens is 1. The molecule has 10 heteroatoms. The van der Waals surface area contributed by atoms with Crippen LogP contribution >= 0.6 is 11.3 Å². The summed E-state index contributed by atoms with van der Waals surface area (Å²) in [6.45, 7) is 0.326. The van der Waals surface area contributed by atoms with Gasteiger partial charge in [0.25, 0.3) is 11.5 Å². The number of methoxy groups -OCH3 is 2. The number of amides is 1. The number of halogens is 1. The lowest BCUT2D eigenvalue weighted by molar-refractivity contribution is -0.111. The lowest BCUT2D eigenvalue weighted by Crippen LogP contribution is -2.34. The molecule has 1 aromatic heterocycles. The first-order valence-corrected chi connectivity index (χ1v) is 16.0. The van der Waals surface area contributed by atoms with Crippen molar-refractivity contribution in [2.75, 3.05) is 19.5 Å². The Hall–Kier alpha value is -6.18. The number of thiazole rings is 1. The van der Waals surface area contributed by atoms with Crippen LogP contribution in [-0.4, -0.2) is 24.7 Å². The lowest BCUT2D eigenvalue weighted by atomic mass is 10.1.